The number of rotatable bonds is 6. The summed E-state index contributed by atoms with van der Waals surface area (Å²) < 4.78 is 23.9. The molecule has 4 N–H and O–H groups in total. The number of hydrogen-bond donors (Lipinski definition) is 3. The molecule has 0 fully saturated rings. The van der Waals surface area contributed by atoms with Crippen LogP contribution in [0.1, 0.15) is 6.42 Å². The molecule has 8 heteroatoms. The number of aromatic nitrogens is 2. The van der Waals surface area contributed by atoms with Gasteiger partial charge in [0.05, 0.1) is 6.26 Å². The van der Waals surface area contributed by atoms with Gasteiger partial charge in [0.2, 0.25) is 10.0 Å². The standard InChI is InChI=1S/C8H15N5O2S/c1-16(14,15)11-6-2-5-10-8-4-3-7(9)12-13-8/h3-4,11H,2,5-6H2,1H3,(H2,9,12)(H,10,13). The lowest BCUT2D eigenvalue weighted by Gasteiger charge is -2.05. The van der Waals surface area contributed by atoms with Crippen LogP contribution in [0.2, 0.25) is 0 Å². The van der Waals surface area contributed by atoms with E-state index in [1.165, 1.54) is 0 Å². The Hall–Kier alpha value is -1.41. The van der Waals surface area contributed by atoms with Gasteiger partial charge in [0, 0.05) is 13.1 Å². The fraction of sp³-hybridized carbons (Fsp3) is 0.500. The molecule has 0 unspecified atom stereocenters. The fourth-order valence-corrected chi connectivity index (χ4v) is 1.51. The number of nitrogens with two attached hydrogens (primary N) is 1. The average Bonchev–Trinajstić information content (AvgIpc) is 2.19. The Balaban J connectivity index is 2.19. The van der Waals surface area contributed by atoms with Gasteiger partial charge in [-0.3, -0.25) is 0 Å². The number of hydrogen-bond acceptors (Lipinski definition) is 6. The molecule has 0 aliphatic rings. The van der Waals surface area contributed by atoms with Crippen molar-refractivity contribution in [2.45, 2.75) is 6.42 Å². The van der Waals surface area contributed by atoms with Gasteiger partial charge in [-0.25, -0.2) is 13.1 Å². The molecule has 0 amide bonds. The zero-order valence-electron chi connectivity index (χ0n) is 8.97. The summed E-state index contributed by atoms with van der Waals surface area (Å²) in [7, 11) is -3.10. The molecule has 0 aliphatic carbocycles. The summed E-state index contributed by atoms with van der Waals surface area (Å²) >= 11 is 0. The van der Waals surface area contributed by atoms with Gasteiger partial charge in [-0.15, -0.1) is 10.2 Å². The predicted octanol–water partition coefficient (Wildman–Crippen LogP) is -0.590. The number of anilines is 2. The van der Waals surface area contributed by atoms with Gasteiger partial charge < -0.3 is 11.1 Å². The first kappa shape index (κ1) is 12.7. The highest BCUT2D eigenvalue weighted by atomic mass is 32.2. The molecule has 7 nitrogen and oxygen atoms in total. The van der Waals surface area contributed by atoms with Crippen molar-refractivity contribution in [2.24, 2.45) is 0 Å². The Morgan fingerprint density at radius 2 is 2.06 bits per heavy atom. The van der Waals surface area contributed by atoms with Gasteiger partial charge in [-0.05, 0) is 18.6 Å². The molecule has 0 aliphatic heterocycles. The number of nitrogen functional groups attached to an aromatic ring is 1. The quantitative estimate of drug-likeness (QED) is 0.578. The van der Waals surface area contributed by atoms with Crippen molar-refractivity contribution in [3.05, 3.63) is 12.1 Å². The van der Waals surface area contributed by atoms with E-state index in [1.54, 1.807) is 12.1 Å². The largest absolute Gasteiger partial charge is 0.382 e. The first-order chi connectivity index (χ1) is 7.47. The predicted molar refractivity (Wildman–Crippen MR) is 62.4 cm³/mol. The normalized spacial score (nSPS) is 11.3. The molecule has 0 saturated carbocycles. The monoisotopic (exact) mass is 245 g/mol. The van der Waals surface area contributed by atoms with Crippen molar-refractivity contribution in [1.29, 1.82) is 0 Å². The topological polar surface area (TPSA) is 110 Å². The Kier molecular flexibility index (Phi) is 4.44. The zero-order valence-corrected chi connectivity index (χ0v) is 9.79. The molecular formula is C8H15N5O2S. The fourth-order valence-electron chi connectivity index (χ4n) is 0.999. The minimum Gasteiger partial charge on any atom is -0.382 e. The van der Waals surface area contributed by atoms with Gasteiger partial charge in [-0.2, -0.15) is 0 Å². The highest BCUT2D eigenvalue weighted by molar-refractivity contribution is 7.88. The third-order valence-electron chi connectivity index (χ3n) is 1.71. The molecule has 0 atom stereocenters. The molecule has 0 radical (unpaired) electrons. The van der Waals surface area contributed by atoms with Gasteiger partial charge >= 0.3 is 0 Å². The van der Waals surface area contributed by atoms with Crippen LogP contribution in [0.25, 0.3) is 0 Å². The van der Waals surface area contributed by atoms with Gasteiger partial charge in [0.1, 0.15) is 11.6 Å². The Bertz CT molecular complexity index is 417. The highest BCUT2D eigenvalue weighted by Crippen LogP contribution is 2.01. The summed E-state index contributed by atoms with van der Waals surface area (Å²) in [4.78, 5) is 0. The van der Waals surface area contributed by atoms with E-state index in [9.17, 15) is 8.42 Å². The first-order valence-corrected chi connectivity index (χ1v) is 6.64. The second-order valence-corrected chi connectivity index (χ2v) is 5.12. The maximum atomic E-state index is 10.7. The Morgan fingerprint density at radius 1 is 1.31 bits per heavy atom. The lowest BCUT2D eigenvalue weighted by Crippen LogP contribution is -2.24. The first-order valence-electron chi connectivity index (χ1n) is 4.75. The number of nitrogens with one attached hydrogen (secondary N) is 2. The van der Waals surface area contributed by atoms with Crippen molar-refractivity contribution in [3.8, 4) is 0 Å². The van der Waals surface area contributed by atoms with E-state index in [0.29, 0.717) is 31.1 Å². The summed E-state index contributed by atoms with van der Waals surface area (Å²) in [5.74, 6) is 0.984. The van der Waals surface area contributed by atoms with E-state index in [2.05, 4.69) is 20.2 Å². The molecule has 0 spiro atoms. The van der Waals surface area contributed by atoms with Crippen LogP contribution in [0.3, 0.4) is 0 Å². The van der Waals surface area contributed by atoms with Crippen LogP contribution in [0.4, 0.5) is 11.6 Å². The summed E-state index contributed by atoms with van der Waals surface area (Å²) in [5.41, 5.74) is 5.37. The van der Waals surface area contributed by atoms with Crippen LogP contribution in [-0.2, 0) is 10.0 Å². The molecule has 1 aromatic heterocycles. The second kappa shape index (κ2) is 5.61. The average molecular weight is 245 g/mol. The van der Waals surface area contributed by atoms with Crippen molar-refractivity contribution in [2.75, 3.05) is 30.4 Å². The minimum atomic E-state index is -3.10. The molecule has 1 rings (SSSR count). The lowest BCUT2D eigenvalue weighted by atomic mass is 10.4. The molecule has 0 saturated heterocycles. The molecule has 1 heterocycles. The Morgan fingerprint density at radius 3 is 2.62 bits per heavy atom. The van der Waals surface area contributed by atoms with Gasteiger partial charge in [0.15, 0.2) is 0 Å². The highest BCUT2D eigenvalue weighted by Gasteiger charge is 1.99. The van der Waals surface area contributed by atoms with Crippen LogP contribution in [-0.4, -0.2) is 38.0 Å². The van der Waals surface area contributed by atoms with Crippen LogP contribution in [0.5, 0.6) is 0 Å². The third-order valence-corrected chi connectivity index (χ3v) is 2.44. The maximum absolute atomic E-state index is 10.7. The van der Waals surface area contributed by atoms with Crippen LogP contribution >= 0.6 is 0 Å². The van der Waals surface area contributed by atoms with Crippen LogP contribution in [0, 0.1) is 0 Å². The van der Waals surface area contributed by atoms with E-state index in [-0.39, 0.29) is 0 Å². The smallest absolute Gasteiger partial charge is 0.208 e. The zero-order chi connectivity index (χ0) is 12.0. The molecule has 1 aromatic rings. The summed E-state index contributed by atoms with van der Waals surface area (Å²) in [6.45, 7) is 1.01. The number of nitrogens with zero attached hydrogens (tertiary/aromatic N) is 2. The summed E-state index contributed by atoms with van der Waals surface area (Å²) in [6.07, 6.45) is 1.80. The van der Waals surface area contributed by atoms with Crippen molar-refractivity contribution in [1.82, 2.24) is 14.9 Å². The van der Waals surface area contributed by atoms with E-state index in [0.717, 1.165) is 6.26 Å². The van der Waals surface area contributed by atoms with Crippen molar-refractivity contribution < 1.29 is 8.42 Å². The Labute approximate surface area is 94.5 Å². The molecule has 0 bridgehead atoms. The van der Waals surface area contributed by atoms with Crippen molar-refractivity contribution >= 4 is 21.7 Å². The molecular weight excluding hydrogens is 230 g/mol. The van der Waals surface area contributed by atoms with E-state index in [4.69, 9.17) is 5.73 Å². The minimum absolute atomic E-state index is 0.365. The molecule has 16 heavy (non-hydrogen) atoms. The van der Waals surface area contributed by atoms with Crippen LogP contribution in [0.15, 0.2) is 12.1 Å². The SMILES string of the molecule is CS(=O)(=O)NCCCNc1ccc(N)nn1. The summed E-state index contributed by atoms with van der Waals surface area (Å²) in [5, 5.41) is 10.5. The van der Waals surface area contributed by atoms with E-state index < -0.39 is 10.0 Å². The van der Waals surface area contributed by atoms with Crippen LogP contribution < -0.4 is 15.8 Å². The van der Waals surface area contributed by atoms with Gasteiger partial charge in [0.25, 0.3) is 0 Å². The lowest BCUT2D eigenvalue weighted by molar-refractivity contribution is 0.586. The summed E-state index contributed by atoms with van der Waals surface area (Å²) in [6, 6.07) is 3.36. The second-order valence-electron chi connectivity index (χ2n) is 3.29. The van der Waals surface area contributed by atoms with E-state index in [1.807, 2.05) is 0 Å². The van der Waals surface area contributed by atoms with Crippen molar-refractivity contribution in [3.63, 3.8) is 0 Å². The molecule has 0 aromatic carbocycles. The molecule has 90 valence electrons. The third kappa shape index (κ3) is 5.47. The van der Waals surface area contributed by atoms with E-state index >= 15 is 0 Å². The maximum Gasteiger partial charge on any atom is 0.208 e. The number of sulfonamides is 1. The van der Waals surface area contributed by atoms with Gasteiger partial charge in [-0.1, -0.05) is 0 Å².